The molecule has 0 atom stereocenters. The van der Waals surface area contributed by atoms with Crippen LogP contribution in [0.4, 0.5) is 5.69 Å². The summed E-state index contributed by atoms with van der Waals surface area (Å²) in [4.78, 5) is 25.7. The number of nitrogens with two attached hydrogens (primary N) is 1. The number of carboxylic acid groups (broad SMARTS) is 1. The lowest BCUT2D eigenvalue weighted by molar-refractivity contribution is -0.136. The summed E-state index contributed by atoms with van der Waals surface area (Å²) in [6.07, 6.45) is 1.26. The van der Waals surface area contributed by atoms with Crippen LogP contribution >= 0.6 is 0 Å². The second-order valence-electron chi connectivity index (χ2n) is 3.50. The largest absolute Gasteiger partial charge is 0.481 e. The lowest BCUT2D eigenvalue weighted by Crippen LogP contribution is -2.20. The number of aliphatic carboxylic acids is 1. The second kappa shape index (κ2) is 7.36. The van der Waals surface area contributed by atoms with E-state index in [1.165, 1.54) is 6.20 Å². The molecule has 0 saturated carbocycles. The number of hydrogen-bond acceptors (Lipinski definition) is 5. The Morgan fingerprint density at radius 3 is 2.78 bits per heavy atom. The molecular weight excluding hydrogens is 238 g/mol. The Morgan fingerprint density at radius 2 is 2.22 bits per heavy atom. The van der Waals surface area contributed by atoms with Gasteiger partial charge in [-0.2, -0.15) is 0 Å². The lowest BCUT2D eigenvalue weighted by Gasteiger charge is -2.05. The number of rotatable bonds is 7. The van der Waals surface area contributed by atoms with Gasteiger partial charge in [-0.15, -0.1) is 0 Å². The number of ether oxygens (including phenoxy) is 1. The number of nitrogens with zero attached hydrogens (tertiary/aromatic N) is 1. The summed E-state index contributed by atoms with van der Waals surface area (Å²) in [5.74, 6) is -1.26. The number of pyridine rings is 1. The van der Waals surface area contributed by atoms with Crippen molar-refractivity contribution in [1.29, 1.82) is 0 Å². The van der Waals surface area contributed by atoms with Gasteiger partial charge in [-0.25, -0.2) is 0 Å². The number of amides is 1. The molecule has 0 bridgehead atoms. The van der Waals surface area contributed by atoms with Gasteiger partial charge in [0.1, 0.15) is 6.61 Å². The van der Waals surface area contributed by atoms with E-state index in [-0.39, 0.29) is 18.9 Å². The first-order valence-electron chi connectivity index (χ1n) is 5.36. The Bertz CT molecular complexity index is 405. The zero-order chi connectivity index (χ0) is 13.4. The van der Waals surface area contributed by atoms with Crippen molar-refractivity contribution in [1.82, 2.24) is 4.98 Å². The summed E-state index contributed by atoms with van der Waals surface area (Å²) in [5, 5.41) is 11.1. The van der Waals surface area contributed by atoms with Gasteiger partial charge < -0.3 is 20.9 Å². The van der Waals surface area contributed by atoms with E-state index in [4.69, 9.17) is 15.6 Å². The molecule has 7 heteroatoms. The van der Waals surface area contributed by atoms with Gasteiger partial charge in [0, 0.05) is 6.54 Å². The highest BCUT2D eigenvalue weighted by molar-refractivity contribution is 5.91. The van der Waals surface area contributed by atoms with Crippen molar-refractivity contribution in [2.24, 2.45) is 5.73 Å². The van der Waals surface area contributed by atoms with Gasteiger partial charge in [0.15, 0.2) is 0 Å². The molecule has 0 spiro atoms. The van der Waals surface area contributed by atoms with Crippen molar-refractivity contribution < 1.29 is 19.4 Å². The molecule has 1 amide bonds. The maximum Gasteiger partial charge on any atom is 0.309 e. The van der Waals surface area contributed by atoms with E-state index in [9.17, 15) is 9.59 Å². The molecule has 7 nitrogen and oxygen atoms in total. The molecule has 0 radical (unpaired) electrons. The van der Waals surface area contributed by atoms with Crippen molar-refractivity contribution in [3.63, 3.8) is 0 Å². The lowest BCUT2D eigenvalue weighted by atomic mass is 10.2. The zero-order valence-electron chi connectivity index (χ0n) is 9.76. The van der Waals surface area contributed by atoms with Crippen molar-refractivity contribution in [2.75, 3.05) is 25.1 Å². The monoisotopic (exact) mass is 253 g/mol. The van der Waals surface area contributed by atoms with Crippen LogP contribution in [0.5, 0.6) is 0 Å². The first-order valence-corrected chi connectivity index (χ1v) is 5.36. The maximum absolute atomic E-state index is 11.4. The third kappa shape index (κ3) is 5.37. The molecule has 4 N–H and O–H groups in total. The average molecular weight is 253 g/mol. The highest BCUT2D eigenvalue weighted by Gasteiger charge is 2.04. The predicted octanol–water partition coefficient (Wildman–Crippen LogP) is -0.378. The summed E-state index contributed by atoms with van der Waals surface area (Å²) >= 11 is 0. The van der Waals surface area contributed by atoms with Gasteiger partial charge in [-0.3, -0.25) is 14.6 Å². The molecule has 1 heterocycles. The summed E-state index contributed by atoms with van der Waals surface area (Å²) in [7, 11) is 0. The third-order valence-corrected chi connectivity index (χ3v) is 1.94. The van der Waals surface area contributed by atoms with Gasteiger partial charge in [-0.1, -0.05) is 0 Å². The summed E-state index contributed by atoms with van der Waals surface area (Å²) < 4.78 is 4.96. The quantitative estimate of drug-likeness (QED) is 0.571. The van der Waals surface area contributed by atoms with Gasteiger partial charge >= 0.3 is 5.97 Å². The maximum atomic E-state index is 11.4. The van der Waals surface area contributed by atoms with Crippen molar-refractivity contribution in [3.05, 3.63) is 24.0 Å². The van der Waals surface area contributed by atoms with Crippen LogP contribution in [0.2, 0.25) is 0 Å². The molecule has 1 aromatic heterocycles. The van der Waals surface area contributed by atoms with E-state index in [2.05, 4.69) is 10.3 Å². The summed E-state index contributed by atoms with van der Waals surface area (Å²) in [6.45, 7) is 0.607. The van der Waals surface area contributed by atoms with Crippen molar-refractivity contribution in [2.45, 2.75) is 6.42 Å². The first-order chi connectivity index (χ1) is 8.61. The second-order valence-corrected chi connectivity index (χ2v) is 3.50. The Kier molecular flexibility index (Phi) is 5.75. The van der Waals surface area contributed by atoms with Crippen LogP contribution < -0.4 is 11.1 Å². The fourth-order valence-corrected chi connectivity index (χ4v) is 1.20. The molecule has 0 saturated heterocycles. The molecule has 0 fully saturated rings. The molecule has 18 heavy (non-hydrogen) atoms. The standard InChI is InChI=1S/C11H15N3O4/c12-3-4-18-7-10(15)14-9-2-1-8(13-6-9)5-11(16)17/h1-2,6H,3-5,7,12H2,(H,14,15)(H,16,17). The van der Waals surface area contributed by atoms with E-state index in [0.717, 1.165) is 0 Å². The SMILES string of the molecule is NCCOCC(=O)Nc1ccc(CC(=O)O)nc1. The highest BCUT2D eigenvalue weighted by Crippen LogP contribution is 2.06. The molecule has 0 aromatic carbocycles. The van der Waals surface area contributed by atoms with Crippen molar-refractivity contribution in [3.8, 4) is 0 Å². The Hall–Kier alpha value is -1.99. The van der Waals surface area contributed by atoms with E-state index >= 15 is 0 Å². The van der Waals surface area contributed by atoms with E-state index in [1.807, 2.05) is 0 Å². The number of hydrogen-bond donors (Lipinski definition) is 3. The van der Waals surface area contributed by atoms with Crippen LogP contribution in [-0.4, -0.2) is 41.7 Å². The minimum absolute atomic E-state index is 0.0753. The van der Waals surface area contributed by atoms with Crippen LogP contribution in [0.25, 0.3) is 0 Å². The van der Waals surface area contributed by atoms with Gasteiger partial charge in [0.25, 0.3) is 0 Å². The van der Waals surface area contributed by atoms with Crippen LogP contribution in [-0.2, 0) is 20.7 Å². The molecule has 0 aliphatic heterocycles. The molecule has 0 unspecified atom stereocenters. The van der Waals surface area contributed by atoms with Crippen LogP contribution in [0, 0.1) is 0 Å². The topological polar surface area (TPSA) is 115 Å². The number of carboxylic acids is 1. The Morgan fingerprint density at radius 1 is 1.44 bits per heavy atom. The third-order valence-electron chi connectivity index (χ3n) is 1.94. The zero-order valence-corrected chi connectivity index (χ0v) is 9.76. The predicted molar refractivity (Wildman–Crippen MR) is 64.1 cm³/mol. The Balaban J connectivity index is 2.43. The molecule has 0 aliphatic carbocycles. The molecule has 1 rings (SSSR count). The highest BCUT2D eigenvalue weighted by atomic mass is 16.5. The van der Waals surface area contributed by atoms with E-state index < -0.39 is 5.97 Å². The number of carbonyl (C=O) groups is 2. The Labute approximate surface area is 104 Å². The minimum Gasteiger partial charge on any atom is -0.481 e. The normalized spacial score (nSPS) is 10.1. The minimum atomic E-state index is -0.950. The molecular formula is C11H15N3O4. The van der Waals surface area contributed by atoms with E-state index in [0.29, 0.717) is 24.5 Å². The van der Waals surface area contributed by atoms with Gasteiger partial charge in [0.2, 0.25) is 5.91 Å². The fourth-order valence-electron chi connectivity index (χ4n) is 1.20. The fraction of sp³-hybridized carbons (Fsp3) is 0.364. The summed E-state index contributed by atoms with van der Waals surface area (Å²) in [6, 6.07) is 3.14. The number of nitrogens with one attached hydrogen (secondary N) is 1. The van der Waals surface area contributed by atoms with Crippen LogP contribution in [0.1, 0.15) is 5.69 Å². The molecule has 1 aromatic rings. The van der Waals surface area contributed by atoms with Crippen LogP contribution in [0.15, 0.2) is 18.3 Å². The van der Waals surface area contributed by atoms with Gasteiger partial charge in [0.05, 0.1) is 30.6 Å². The smallest absolute Gasteiger partial charge is 0.309 e. The number of aromatic nitrogens is 1. The van der Waals surface area contributed by atoms with E-state index in [1.54, 1.807) is 12.1 Å². The molecule has 0 aliphatic rings. The number of anilines is 1. The number of carbonyl (C=O) groups excluding carboxylic acids is 1. The first kappa shape index (κ1) is 14.1. The average Bonchev–Trinajstić information content (AvgIpc) is 2.31. The van der Waals surface area contributed by atoms with Crippen molar-refractivity contribution >= 4 is 17.6 Å². The van der Waals surface area contributed by atoms with Crippen LogP contribution in [0.3, 0.4) is 0 Å². The van der Waals surface area contributed by atoms with Gasteiger partial charge in [-0.05, 0) is 12.1 Å². The molecule has 98 valence electrons. The summed E-state index contributed by atoms with van der Waals surface area (Å²) in [5.41, 5.74) is 6.13.